The molecule has 0 unspecified atom stereocenters. The third-order valence-electron chi connectivity index (χ3n) is 2.01. The smallest absolute Gasteiger partial charge is 0.00745 e. The first-order valence-corrected chi connectivity index (χ1v) is 6.01. The van der Waals surface area contributed by atoms with Gasteiger partial charge in [-0.05, 0) is 31.2 Å². The van der Waals surface area contributed by atoms with Crippen molar-refractivity contribution in [3.8, 4) is 0 Å². The fraction of sp³-hybridized carbons (Fsp3) is 0.500. The van der Waals surface area contributed by atoms with Crippen molar-refractivity contribution in [2.45, 2.75) is 38.0 Å². The summed E-state index contributed by atoms with van der Waals surface area (Å²) < 4.78 is 0. The Morgan fingerprint density at radius 2 is 2.08 bits per heavy atom. The molecule has 0 aliphatic carbocycles. The predicted molar refractivity (Wildman–Crippen MR) is 61.4 cm³/mol. The van der Waals surface area contributed by atoms with E-state index in [-0.39, 0.29) is 0 Å². The van der Waals surface area contributed by atoms with Crippen molar-refractivity contribution in [2.24, 2.45) is 0 Å². The van der Waals surface area contributed by atoms with Crippen LogP contribution < -0.4 is 0 Å². The van der Waals surface area contributed by atoms with Gasteiger partial charge in [-0.2, -0.15) is 0 Å². The quantitative estimate of drug-likeness (QED) is 0.498. The number of rotatable bonds is 5. The molecule has 0 amide bonds. The molecule has 0 saturated carbocycles. The Labute approximate surface area is 85.7 Å². The van der Waals surface area contributed by atoms with Gasteiger partial charge in [0.1, 0.15) is 0 Å². The van der Waals surface area contributed by atoms with Crippen LogP contribution in [0.5, 0.6) is 0 Å². The minimum atomic E-state index is 1.26. The summed E-state index contributed by atoms with van der Waals surface area (Å²) in [6.45, 7) is 4.40. The molecule has 0 nitrogen and oxygen atoms in total. The van der Waals surface area contributed by atoms with Gasteiger partial charge >= 0.3 is 0 Å². The number of thioether (sulfide) groups is 1. The number of aryl methyl sites for hydroxylation is 1. The van der Waals surface area contributed by atoms with Gasteiger partial charge in [0, 0.05) is 4.90 Å². The van der Waals surface area contributed by atoms with Gasteiger partial charge < -0.3 is 0 Å². The second kappa shape index (κ2) is 6.09. The molecule has 1 heteroatoms. The van der Waals surface area contributed by atoms with Gasteiger partial charge in [0.25, 0.3) is 0 Å². The van der Waals surface area contributed by atoms with Crippen LogP contribution in [0.2, 0.25) is 0 Å². The molecular weight excluding hydrogens is 176 g/mol. The minimum Gasteiger partial charge on any atom is -0.126 e. The first kappa shape index (κ1) is 10.6. The normalized spacial score (nSPS) is 10.3. The molecule has 0 aliphatic rings. The summed E-state index contributed by atoms with van der Waals surface area (Å²) in [5.74, 6) is 1.26. The zero-order valence-electron chi connectivity index (χ0n) is 8.55. The van der Waals surface area contributed by atoms with Crippen molar-refractivity contribution in [3.63, 3.8) is 0 Å². The first-order valence-electron chi connectivity index (χ1n) is 5.02. The molecule has 1 rings (SSSR count). The van der Waals surface area contributed by atoms with Crippen LogP contribution in [-0.4, -0.2) is 5.75 Å². The summed E-state index contributed by atoms with van der Waals surface area (Å²) in [6, 6.07) is 8.74. The van der Waals surface area contributed by atoms with Crippen LogP contribution in [0.25, 0.3) is 0 Å². The highest BCUT2D eigenvalue weighted by molar-refractivity contribution is 7.99. The topological polar surface area (TPSA) is 0 Å². The van der Waals surface area contributed by atoms with Gasteiger partial charge in [-0.15, -0.1) is 11.8 Å². The molecule has 13 heavy (non-hydrogen) atoms. The lowest BCUT2D eigenvalue weighted by molar-refractivity contribution is 0.778. The molecule has 1 aromatic carbocycles. The molecule has 1 aromatic rings. The van der Waals surface area contributed by atoms with Crippen LogP contribution in [-0.2, 0) is 0 Å². The van der Waals surface area contributed by atoms with Gasteiger partial charge in [-0.1, -0.05) is 37.5 Å². The molecule has 0 saturated heterocycles. The summed E-state index contributed by atoms with van der Waals surface area (Å²) in [7, 11) is 0. The second-order valence-corrected chi connectivity index (χ2v) is 4.54. The highest BCUT2D eigenvalue weighted by atomic mass is 32.2. The summed E-state index contributed by atoms with van der Waals surface area (Å²) in [4.78, 5) is 1.41. The van der Waals surface area contributed by atoms with Gasteiger partial charge in [0.05, 0.1) is 0 Å². The van der Waals surface area contributed by atoms with Gasteiger partial charge in [0.2, 0.25) is 0 Å². The fourth-order valence-electron chi connectivity index (χ4n) is 1.25. The highest BCUT2D eigenvalue weighted by Gasteiger charge is 1.93. The summed E-state index contributed by atoms with van der Waals surface area (Å²) in [5, 5.41) is 0. The molecule has 0 radical (unpaired) electrons. The molecule has 0 bridgehead atoms. The molecule has 0 atom stereocenters. The maximum Gasteiger partial charge on any atom is 0.00745 e. The molecule has 0 fully saturated rings. The van der Waals surface area contributed by atoms with E-state index in [1.807, 2.05) is 11.8 Å². The lowest BCUT2D eigenvalue weighted by atomic mass is 10.2. The minimum absolute atomic E-state index is 1.26. The van der Waals surface area contributed by atoms with Gasteiger partial charge in [-0.3, -0.25) is 0 Å². The largest absolute Gasteiger partial charge is 0.126 e. The molecule has 72 valence electrons. The average Bonchev–Trinajstić information content (AvgIpc) is 2.13. The Morgan fingerprint density at radius 1 is 1.23 bits per heavy atom. The Morgan fingerprint density at radius 3 is 2.77 bits per heavy atom. The summed E-state index contributed by atoms with van der Waals surface area (Å²) in [6.07, 6.45) is 4.02. The van der Waals surface area contributed by atoms with E-state index in [2.05, 4.69) is 38.1 Å². The van der Waals surface area contributed by atoms with E-state index in [1.165, 1.54) is 35.5 Å². The summed E-state index contributed by atoms with van der Waals surface area (Å²) in [5.41, 5.74) is 1.36. The van der Waals surface area contributed by atoms with Crippen molar-refractivity contribution in [1.29, 1.82) is 0 Å². The van der Waals surface area contributed by atoms with Crippen LogP contribution in [0.15, 0.2) is 29.2 Å². The fourth-order valence-corrected chi connectivity index (χ4v) is 2.28. The Kier molecular flexibility index (Phi) is 4.99. The first-order chi connectivity index (χ1) is 6.33. The molecule has 0 aromatic heterocycles. The lowest BCUT2D eigenvalue weighted by Crippen LogP contribution is -1.80. The highest BCUT2D eigenvalue weighted by Crippen LogP contribution is 2.20. The monoisotopic (exact) mass is 194 g/mol. The molecule has 0 N–H and O–H groups in total. The van der Waals surface area contributed by atoms with E-state index in [9.17, 15) is 0 Å². The van der Waals surface area contributed by atoms with Crippen molar-refractivity contribution in [1.82, 2.24) is 0 Å². The molecule has 0 aliphatic heterocycles. The third-order valence-corrected chi connectivity index (χ3v) is 3.09. The Hall–Kier alpha value is -0.430. The second-order valence-electron chi connectivity index (χ2n) is 3.37. The number of hydrogen-bond acceptors (Lipinski definition) is 1. The SMILES string of the molecule is CCCCCSc1cccc(C)c1. The van der Waals surface area contributed by atoms with Crippen molar-refractivity contribution >= 4 is 11.8 Å². The van der Waals surface area contributed by atoms with Gasteiger partial charge in [0.15, 0.2) is 0 Å². The standard InChI is InChI=1S/C12H18S/c1-3-4-5-9-13-12-8-6-7-11(2)10-12/h6-8,10H,3-5,9H2,1-2H3. The van der Waals surface area contributed by atoms with E-state index in [0.717, 1.165) is 0 Å². The molecular formula is C12H18S. The Bertz CT molecular complexity index is 243. The maximum absolute atomic E-state index is 2.26. The summed E-state index contributed by atoms with van der Waals surface area (Å²) >= 11 is 1.97. The number of benzene rings is 1. The van der Waals surface area contributed by atoms with E-state index in [4.69, 9.17) is 0 Å². The van der Waals surface area contributed by atoms with Crippen molar-refractivity contribution in [3.05, 3.63) is 29.8 Å². The zero-order chi connectivity index (χ0) is 9.52. The van der Waals surface area contributed by atoms with E-state index in [1.54, 1.807) is 0 Å². The van der Waals surface area contributed by atoms with Crippen LogP contribution >= 0.6 is 11.8 Å². The van der Waals surface area contributed by atoms with Gasteiger partial charge in [-0.25, -0.2) is 0 Å². The van der Waals surface area contributed by atoms with Crippen LogP contribution in [0.1, 0.15) is 31.7 Å². The zero-order valence-corrected chi connectivity index (χ0v) is 9.36. The lowest BCUT2D eigenvalue weighted by Gasteiger charge is -2.01. The maximum atomic E-state index is 2.26. The number of hydrogen-bond donors (Lipinski definition) is 0. The van der Waals surface area contributed by atoms with Crippen LogP contribution in [0.4, 0.5) is 0 Å². The number of unbranched alkanes of at least 4 members (excludes halogenated alkanes) is 2. The van der Waals surface area contributed by atoms with Crippen molar-refractivity contribution in [2.75, 3.05) is 5.75 Å². The Balaban J connectivity index is 2.28. The third kappa shape index (κ3) is 4.37. The molecule has 0 heterocycles. The van der Waals surface area contributed by atoms with Crippen LogP contribution in [0, 0.1) is 6.92 Å². The van der Waals surface area contributed by atoms with E-state index < -0.39 is 0 Å². The van der Waals surface area contributed by atoms with E-state index in [0.29, 0.717) is 0 Å². The van der Waals surface area contributed by atoms with Crippen molar-refractivity contribution < 1.29 is 0 Å². The average molecular weight is 194 g/mol. The molecule has 0 spiro atoms. The van der Waals surface area contributed by atoms with Crippen LogP contribution in [0.3, 0.4) is 0 Å². The van der Waals surface area contributed by atoms with E-state index >= 15 is 0 Å². The predicted octanol–water partition coefficient (Wildman–Crippen LogP) is 4.28.